The van der Waals surface area contributed by atoms with Crippen molar-refractivity contribution >= 4 is 11.4 Å². The number of nitrogens with two attached hydrogens (primary N) is 1. The number of hydrogen-bond acceptors (Lipinski definition) is 4. The minimum atomic E-state index is -4.47. The van der Waals surface area contributed by atoms with Crippen LogP contribution in [0.3, 0.4) is 0 Å². The lowest BCUT2D eigenvalue weighted by atomic mass is 10.1. The van der Waals surface area contributed by atoms with Gasteiger partial charge in [0.25, 0.3) is 0 Å². The number of nitrogens with zero attached hydrogens (tertiary/aromatic N) is 1. The van der Waals surface area contributed by atoms with Gasteiger partial charge in [0.05, 0.1) is 29.7 Å². The van der Waals surface area contributed by atoms with E-state index in [-0.39, 0.29) is 23.5 Å². The number of anilines is 2. The van der Waals surface area contributed by atoms with Gasteiger partial charge in [0.2, 0.25) is 0 Å². The van der Waals surface area contributed by atoms with Crippen molar-refractivity contribution in [2.24, 2.45) is 5.92 Å². The van der Waals surface area contributed by atoms with Gasteiger partial charge in [-0.1, -0.05) is 0 Å². The van der Waals surface area contributed by atoms with E-state index >= 15 is 0 Å². The van der Waals surface area contributed by atoms with Gasteiger partial charge in [0.15, 0.2) is 0 Å². The minimum Gasteiger partial charge on any atom is -0.396 e. The molecule has 1 aliphatic heterocycles. The van der Waals surface area contributed by atoms with Crippen LogP contribution in [0.5, 0.6) is 0 Å². The Morgan fingerprint density at radius 1 is 1.30 bits per heavy atom. The van der Waals surface area contributed by atoms with E-state index in [4.69, 9.17) is 10.5 Å². The summed E-state index contributed by atoms with van der Waals surface area (Å²) in [5.74, 6) is 0.528. The molecule has 0 radical (unpaired) electrons. The Kier molecular flexibility index (Phi) is 3.24. The molecule has 1 aromatic rings. The summed E-state index contributed by atoms with van der Waals surface area (Å²) in [6.07, 6.45) is -0.300. The fourth-order valence-electron chi connectivity index (χ4n) is 2.60. The van der Waals surface area contributed by atoms with Crippen molar-refractivity contribution in [3.63, 3.8) is 0 Å². The van der Waals surface area contributed by atoms with E-state index in [2.05, 4.69) is 10.3 Å². The molecule has 1 saturated heterocycles. The lowest BCUT2D eigenvalue weighted by Gasteiger charge is -2.22. The minimum absolute atomic E-state index is 0.0216. The molecule has 110 valence electrons. The molecule has 2 fully saturated rings. The molecule has 2 aliphatic rings. The molecule has 0 aromatic carbocycles. The van der Waals surface area contributed by atoms with Gasteiger partial charge in [-0.05, 0) is 31.2 Å². The number of aromatic nitrogens is 1. The first-order chi connectivity index (χ1) is 9.45. The molecular weight excluding hydrogens is 271 g/mol. The third-order valence-corrected chi connectivity index (χ3v) is 3.79. The van der Waals surface area contributed by atoms with Crippen LogP contribution in [0, 0.1) is 5.92 Å². The van der Waals surface area contributed by atoms with Gasteiger partial charge >= 0.3 is 6.18 Å². The first kappa shape index (κ1) is 13.5. The number of alkyl halides is 3. The molecule has 1 aliphatic carbocycles. The van der Waals surface area contributed by atoms with Gasteiger partial charge in [0, 0.05) is 6.61 Å². The molecule has 7 heteroatoms. The second-order valence-corrected chi connectivity index (χ2v) is 5.37. The first-order valence-corrected chi connectivity index (χ1v) is 6.66. The van der Waals surface area contributed by atoms with Crippen LogP contribution in [0.25, 0.3) is 0 Å². The first-order valence-electron chi connectivity index (χ1n) is 6.66. The molecule has 0 spiro atoms. The molecule has 3 N–H and O–H groups in total. The summed E-state index contributed by atoms with van der Waals surface area (Å²) in [5.41, 5.74) is 5.29. The molecular formula is C13H16F3N3O. The van der Waals surface area contributed by atoms with Crippen LogP contribution >= 0.6 is 0 Å². The van der Waals surface area contributed by atoms with Gasteiger partial charge in [-0.15, -0.1) is 0 Å². The Hall–Kier alpha value is -1.50. The topological polar surface area (TPSA) is 60.2 Å². The Morgan fingerprint density at radius 3 is 2.70 bits per heavy atom. The third-order valence-electron chi connectivity index (χ3n) is 3.79. The number of hydrogen-bond donors (Lipinski definition) is 2. The molecule has 0 amide bonds. The number of halogens is 3. The predicted octanol–water partition coefficient (Wildman–Crippen LogP) is 2.66. The van der Waals surface area contributed by atoms with Crippen molar-refractivity contribution in [1.82, 2.24) is 4.98 Å². The summed E-state index contributed by atoms with van der Waals surface area (Å²) in [4.78, 5) is 3.33. The van der Waals surface area contributed by atoms with E-state index in [1.165, 1.54) is 0 Å². The predicted molar refractivity (Wildman–Crippen MR) is 68.1 cm³/mol. The fraction of sp³-hybridized carbons (Fsp3) is 0.615. The maximum Gasteiger partial charge on any atom is 0.433 e. The average Bonchev–Trinajstić information content (AvgIpc) is 3.11. The summed E-state index contributed by atoms with van der Waals surface area (Å²) in [7, 11) is 0. The molecule has 3 rings (SSSR count). The molecule has 2 heterocycles. The number of pyridine rings is 1. The Morgan fingerprint density at radius 2 is 2.05 bits per heavy atom. The van der Waals surface area contributed by atoms with Crippen molar-refractivity contribution in [2.45, 2.75) is 37.6 Å². The van der Waals surface area contributed by atoms with E-state index in [1.54, 1.807) is 0 Å². The Labute approximate surface area is 114 Å². The van der Waals surface area contributed by atoms with Crippen molar-refractivity contribution in [2.75, 3.05) is 17.7 Å². The molecule has 0 bridgehead atoms. The number of nitrogens with one attached hydrogen (secondary N) is 1. The molecule has 4 nitrogen and oxygen atoms in total. The van der Waals surface area contributed by atoms with Crippen molar-refractivity contribution in [1.29, 1.82) is 0 Å². The van der Waals surface area contributed by atoms with Gasteiger partial charge in [-0.25, -0.2) is 4.98 Å². The van der Waals surface area contributed by atoms with E-state index in [0.29, 0.717) is 12.5 Å². The van der Waals surface area contributed by atoms with Crippen LogP contribution in [0.4, 0.5) is 24.5 Å². The highest BCUT2D eigenvalue weighted by atomic mass is 19.4. The summed E-state index contributed by atoms with van der Waals surface area (Å²) in [6.45, 7) is 0.635. The zero-order chi connectivity index (χ0) is 14.3. The molecule has 1 aromatic heterocycles. The second kappa shape index (κ2) is 4.80. The molecule has 2 atom stereocenters. The van der Waals surface area contributed by atoms with E-state index in [0.717, 1.165) is 31.5 Å². The SMILES string of the molecule is Nc1cnc(C(F)(F)F)cc1NC1CCOC1C1CC1. The summed E-state index contributed by atoms with van der Waals surface area (Å²) in [5, 5.41) is 3.10. The van der Waals surface area contributed by atoms with Gasteiger partial charge in [-0.2, -0.15) is 13.2 Å². The van der Waals surface area contributed by atoms with E-state index in [9.17, 15) is 13.2 Å². The largest absolute Gasteiger partial charge is 0.433 e. The highest BCUT2D eigenvalue weighted by molar-refractivity contribution is 5.66. The van der Waals surface area contributed by atoms with E-state index in [1.807, 2.05) is 0 Å². The summed E-state index contributed by atoms with van der Waals surface area (Å²) in [6, 6.07) is 0.991. The number of rotatable bonds is 3. The summed E-state index contributed by atoms with van der Waals surface area (Å²) >= 11 is 0. The quantitative estimate of drug-likeness (QED) is 0.897. The Bertz CT molecular complexity index is 502. The van der Waals surface area contributed by atoms with Crippen LogP contribution in [0.15, 0.2) is 12.3 Å². The zero-order valence-electron chi connectivity index (χ0n) is 10.8. The monoisotopic (exact) mass is 287 g/mol. The van der Waals surface area contributed by atoms with Gasteiger partial charge in [-0.3, -0.25) is 0 Å². The maximum absolute atomic E-state index is 12.7. The normalized spacial score (nSPS) is 26.8. The van der Waals surface area contributed by atoms with Crippen LogP contribution in [-0.4, -0.2) is 23.7 Å². The van der Waals surface area contributed by atoms with Crippen LogP contribution in [0.1, 0.15) is 25.0 Å². The van der Waals surface area contributed by atoms with Crippen molar-refractivity contribution in [3.05, 3.63) is 18.0 Å². The average molecular weight is 287 g/mol. The smallest absolute Gasteiger partial charge is 0.396 e. The number of ether oxygens (including phenoxy) is 1. The number of nitrogen functional groups attached to an aromatic ring is 1. The highest BCUT2D eigenvalue weighted by Gasteiger charge is 2.41. The lowest BCUT2D eigenvalue weighted by Crippen LogP contribution is -2.31. The van der Waals surface area contributed by atoms with Crippen molar-refractivity contribution < 1.29 is 17.9 Å². The second-order valence-electron chi connectivity index (χ2n) is 5.37. The maximum atomic E-state index is 12.7. The van der Waals surface area contributed by atoms with Crippen LogP contribution in [0.2, 0.25) is 0 Å². The van der Waals surface area contributed by atoms with Crippen LogP contribution < -0.4 is 11.1 Å². The Balaban J connectivity index is 1.79. The highest BCUT2D eigenvalue weighted by Crippen LogP contribution is 2.40. The van der Waals surface area contributed by atoms with Gasteiger partial charge < -0.3 is 15.8 Å². The zero-order valence-corrected chi connectivity index (χ0v) is 10.8. The van der Waals surface area contributed by atoms with Crippen LogP contribution in [-0.2, 0) is 10.9 Å². The molecule has 20 heavy (non-hydrogen) atoms. The third kappa shape index (κ3) is 2.67. The molecule has 2 unspecified atom stereocenters. The fourth-order valence-corrected chi connectivity index (χ4v) is 2.60. The summed E-state index contributed by atoms with van der Waals surface area (Å²) < 4.78 is 43.7. The molecule has 1 saturated carbocycles. The van der Waals surface area contributed by atoms with E-state index < -0.39 is 11.9 Å². The van der Waals surface area contributed by atoms with Crippen molar-refractivity contribution in [3.8, 4) is 0 Å². The standard InChI is InChI=1S/C13H16F3N3O/c14-13(15,16)11-5-10(8(17)6-18-11)19-9-3-4-20-12(9)7-1-2-7/h5-7,9,12H,1-4,17H2,(H,18,19). The lowest BCUT2D eigenvalue weighted by molar-refractivity contribution is -0.141. The van der Waals surface area contributed by atoms with Gasteiger partial charge in [0.1, 0.15) is 5.69 Å².